The van der Waals surface area contributed by atoms with E-state index < -0.39 is 35.8 Å². The van der Waals surface area contributed by atoms with E-state index >= 15 is 0 Å². The molecule has 2 aromatic carbocycles. The molecule has 0 aliphatic heterocycles. The first-order chi connectivity index (χ1) is 23.7. The topological polar surface area (TPSA) is 295 Å². The minimum atomic E-state index is -1.01. The van der Waals surface area contributed by atoms with Gasteiger partial charge in [-0.05, 0) is 49.1 Å². The van der Waals surface area contributed by atoms with Gasteiger partial charge >= 0.3 is 0 Å². The zero-order valence-electron chi connectivity index (χ0n) is 28.8. The maximum atomic E-state index is 13.7. The Kier molecular flexibility index (Phi) is 17.3. The monoisotopic (exact) mass is 692 g/mol. The van der Waals surface area contributed by atoms with Gasteiger partial charge in [-0.15, -0.1) is 0 Å². The van der Waals surface area contributed by atoms with Gasteiger partial charge in [0.1, 0.15) is 24.0 Å². The van der Waals surface area contributed by atoms with Crippen LogP contribution in [0.2, 0.25) is 0 Å². The van der Waals surface area contributed by atoms with E-state index in [1.807, 2.05) is 44.2 Å². The molecular formula is C34H52N12O4. The van der Waals surface area contributed by atoms with Crippen LogP contribution in [0.4, 0.5) is 0 Å². The maximum absolute atomic E-state index is 13.7. The fourth-order valence-electron chi connectivity index (χ4n) is 4.93. The van der Waals surface area contributed by atoms with E-state index in [1.54, 1.807) is 24.3 Å². The standard InChI is InChI=1S/C34H52N12O4/c1-21(2)18-27(46-31(49)26(11-7-17-42-34(39)40)44-28(47)19-22-8-4-3-5-9-22)32(50)45-25(10-6-16-41-33(37)38)30(48)43-20-23-12-14-24(15-13-23)29(35)36/h3-5,8-9,12-15,21,25-27H,6-7,10-11,16-20H2,1-2H3,(H3,35,36)(H,43,48)(H,44,47)(H,45,50)(H,46,49)(H4,37,38,41)(H4,39,40,42)/t25-,26-,27-/m0/s1. The van der Waals surface area contributed by atoms with E-state index in [2.05, 4.69) is 31.3 Å². The summed E-state index contributed by atoms with van der Waals surface area (Å²) >= 11 is 0. The van der Waals surface area contributed by atoms with Crippen LogP contribution in [0.1, 0.15) is 62.6 Å². The number of nitrogens with two attached hydrogens (primary N) is 5. The normalized spacial score (nSPS) is 12.5. The third kappa shape index (κ3) is 16.0. The van der Waals surface area contributed by atoms with Crippen molar-refractivity contribution in [2.45, 2.75) is 77.0 Å². The molecule has 0 bridgehead atoms. The first-order valence-electron chi connectivity index (χ1n) is 16.5. The Morgan fingerprint density at radius 1 is 0.680 bits per heavy atom. The van der Waals surface area contributed by atoms with E-state index in [1.165, 1.54) is 0 Å². The number of hydrogen-bond acceptors (Lipinski definition) is 7. The summed E-state index contributed by atoms with van der Waals surface area (Å²) in [5.74, 6) is -2.18. The second kappa shape index (κ2) is 21.3. The number of amides is 4. The third-order valence-electron chi connectivity index (χ3n) is 7.45. The van der Waals surface area contributed by atoms with Crippen LogP contribution in [0.25, 0.3) is 0 Å². The van der Waals surface area contributed by atoms with Gasteiger partial charge in [-0.3, -0.25) is 34.6 Å². The number of carbonyl (C=O) groups is 4. The molecule has 2 rings (SSSR count). The van der Waals surface area contributed by atoms with Crippen LogP contribution < -0.4 is 49.9 Å². The van der Waals surface area contributed by atoms with Crippen LogP contribution in [0.5, 0.6) is 0 Å². The summed E-state index contributed by atoms with van der Waals surface area (Å²) in [5.41, 5.74) is 29.4. The van der Waals surface area contributed by atoms with Crippen LogP contribution in [-0.4, -0.2) is 72.6 Å². The molecule has 0 saturated carbocycles. The zero-order valence-corrected chi connectivity index (χ0v) is 28.8. The van der Waals surface area contributed by atoms with Gasteiger partial charge < -0.3 is 49.9 Å². The summed E-state index contributed by atoms with van der Waals surface area (Å²) in [6.45, 7) is 4.45. The Hall–Kier alpha value is -5.67. The molecule has 2 aromatic rings. The number of carbonyl (C=O) groups excluding carboxylic acids is 4. The van der Waals surface area contributed by atoms with E-state index in [0.29, 0.717) is 18.4 Å². The van der Waals surface area contributed by atoms with Crippen LogP contribution in [0.15, 0.2) is 64.6 Å². The molecule has 16 heteroatoms. The number of nitrogens with one attached hydrogen (secondary N) is 5. The average molecular weight is 693 g/mol. The molecular weight excluding hydrogens is 640 g/mol. The second-order valence-corrected chi connectivity index (χ2v) is 12.3. The van der Waals surface area contributed by atoms with Gasteiger partial charge in [-0.1, -0.05) is 68.4 Å². The lowest BCUT2D eigenvalue weighted by Crippen LogP contribution is -2.57. The van der Waals surface area contributed by atoms with Gasteiger partial charge in [0.2, 0.25) is 23.6 Å². The lowest BCUT2D eigenvalue weighted by molar-refractivity contribution is -0.134. The molecule has 0 aliphatic rings. The molecule has 0 aromatic heterocycles. The van der Waals surface area contributed by atoms with Crippen molar-refractivity contribution in [3.8, 4) is 0 Å². The highest BCUT2D eigenvalue weighted by molar-refractivity contribution is 5.95. The Morgan fingerprint density at radius 2 is 1.20 bits per heavy atom. The number of rotatable bonds is 21. The van der Waals surface area contributed by atoms with Crippen LogP contribution >= 0.6 is 0 Å². The second-order valence-electron chi connectivity index (χ2n) is 12.3. The summed E-state index contributed by atoms with van der Waals surface area (Å²) in [6.07, 6.45) is 1.52. The van der Waals surface area contributed by atoms with E-state index in [-0.39, 0.29) is 74.9 Å². The van der Waals surface area contributed by atoms with Gasteiger partial charge in [0.05, 0.1) is 6.42 Å². The van der Waals surface area contributed by atoms with Crippen LogP contribution in [-0.2, 0) is 32.1 Å². The van der Waals surface area contributed by atoms with Gasteiger partial charge in [-0.25, -0.2) is 0 Å². The highest BCUT2D eigenvalue weighted by Gasteiger charge is 2.30. The summed E-state index contributed by atoms with van der Waals surface area (Å²) < 4.78 is 0. The molecule has 0 saturated heterocycles. The van der Waals surface area contributed by atoms with Crippen molar-refractivity contribution in [1.29, 1.82) is 5.41 Å². The largest absolute Gasteiger partial charge is 0.384 e. The highest BCUT2D eigenvalue weighted by Crippen LogP contribution is 2.10. The number of aliphatic imine (C=N–C) groups is 2. The average Bonchev–Trinajstić information content (AvgIpc) is 3.06. The van der Waals surface area contributed by atoms with Crippen molar-refractivity contribution in [3.63, 3.8) is 0 Å². The number of amidine groups is 1. The maximum Gasteiger partial charge on any atom is 0.243 e. The number of nitrogen functional groups attached to an aromatic ring is 1. The molecule has 15 N–H and O–H groups in total. The molecule has 0 radical (unpaired) electrons. The molecule has 0 aliphatic carbocycles. The smallest absolute Gasteiger partial charge is 0.243 e. The third-order valence-corrected chi connectivity index (χ3v) is 7.45. The minimum Gasteiger partial charge on any atom is -0.384 e. The van der Waals surface area contributed by atoms with E-state index in [9.17, 15) is 19.2 Å². The predicted octanol–water partition coefficient (Wildman–Crippen LogP) is -0.563. The minimum absolute atomic E-state index is 0.00819. The van der Waals surface area contributed by atoms with Gasteiger partial charge in [0.15, 0.2) is 11.9 Å². The quantitative estimate of drug-likeness (QED) is 0.0455. The summed E-state index contributed by atoms with van der Waals surface area (Å²) in [6, 6.07) is 13.0. The fraction of sp³-hybridized carbons (Fsp3) is 0.441. The molecule has 50 heavy (non-hydrogen) atoms. The van der Waals surface area contributed by atoms with Crippen molar-refractivity contribution in [3.05, 3.63) is 71.3 Å². The Balaban J connectivity index is 2.20. The highest BCUT2D eigenvalue weighted by atomic mass is 16.2. The Labute approximate surface area is 293 Å². The van der Waals surface area contributed by atoms with Gasteiger partial charge in [0, 0.05) is 25.2 Å². The molecule has 0 heterocycles. The van der Waals surface area contributed by atoms with Crippen molar-refractivity contribution in [2.75, 3.05) is 13.1 Å². The fourth-order valence-corrected chi connectivity index (χ4v) is 4.93. The lowest BCUT2D eigenvalue weighted by Gasteiger charge is -2.26. The summed E-state index contributed by atoms with van der Waals surface area (Å²) in [4.78, 5) is 61.6. The van der Waals surface area contributed by atoms with E-state index in [0.717, 1.165) is 11.1 Å². The molecule has 0 fully saturated rings. The first kappa shape index (κ1) is 40.5. The Morgan fingerprint density at radius 3 is 1.72 bits per heavy atom. The van der Waals surface area contributed by atoms with Gasteiger partial charge in [0.25, 0.3) is 0 Å². The van der Waals surface area contributed by atoms with Crippen molar-refractivity contribution in [2.24, 2.45) is 44.6 Å². The van der Waals surface area contributed by atoms with Crippen molar-refractivity contribution >= 4 is 41.4 Å². The van der Waals surface area contributed by atoms with Crippen molar-refractivity contribution in [1.82, 2.24) is 21.3 Å². The molecule has 4 amide bonds. The van der Waals surface area contributed by atoms with Gasteiger partial charge in [-0.2, -0.15) is 0 Å². The SMILES string of the molecule is CC(C)C[C@H](NC(=O)[C@H](CCCN=C(N)N)NC(=O)Cc1ccccc1)C(=O)N[C@@H](CCCN=C(N)N)C(=O)NCc1ccc(C(=N)N)cc1. The van der Waals surface area contributed by atoms with Crippen LogP contribution in [0.3, 0.4) is 0 Å². The van der Waals surface area contributed by atoms with Crippen molar-refractivity contribution < 1.29 is 19.2 Å². The number of benzene rings is 2. The summed E-state index contributed by atoms with van der Waals surface area (Å²) in [7, 11) is 0. The zero-order chi connectivity index (χ0) is 37.1. The molecule has 16 nitrogen and oxygen atoms in total. The molecule has 0 spiro atoms. The first-order valence-corrected chi connectivity index (χ1v) is 16.5. The summed E-state index contributed by atoms with van der Waals surface area (Å²) in [5, 5.41) is 18.8. The Bertz CT molecular complexity index is 1470. The van der Waals surface area contributed by atoms with Crippen LogP contribution in [0, 0.1) is 11.3 Å². The predicted molar refractivity (Wildman–Crippen MR) is 195 cm³/mol. The number of nitrogens with zero attached hydrogens (tertiary/aromatic N) is 2. The lowest BCUT2D eigenvalue weighted by atomic mass is 10.0. The number of guanidine groups is 2. The molecule has 0 unspecified atom stereocenters. The van der Waals surface area contributed by atoms with E-state index in [4.69, 9.17) is 34.1 Å². The molecule has 272 valence electrons. The molecule has 3 atom stereocenters. The number of hydrogen-bond donors (Lipinski definition) is 10.